The molecule has 0 saturated heterocycles. The van der Waals surface area contributed by atoms with Crippen molar-refractivity contribution in [2.24, 2.45) is 0 Å². The fourth-order valence-electron chi connectivity index (χ4n) is 1.72. The van der Waals surface area contributed by atoms with E-state index in [4.69, 9.17) is 11.6 Å². The molecule has 0 spiro atoms. The molecular formula is C15H12ClN3O3. The molecule has 2 rings (SSSR count). The van der Waals surface area contributed by atoms with Crippen LogP contribution in [0.5, 0.6) is 0 Å². The van der Waals surface area contributed by atoms with Crippen LogP contribution in [0.4, 0.5) is 11.5 Å². The highest BCUT2D eigenvalue weighted by molar-refractivity contribution is 6.32. The molecule has 0 bridgehead atoms. The summed E-state index contributed by atoms with van der Waals surface area (Å²) in [6.07, 6.45) is 4.34. The third-order valence-electron chi connectivity index (χ3n) is 2.76. The number of nitrogens with one attached hydrogen (secondary N) is 1. The van der Waals surface area contributed by atoms with Crippen LogP contribution < -0.4 is 5.32 Å². The highest BCUT2D eigenvalue weighted by Gasteiger charge is 2.11. The molecular weight excluding hydrogens is 306 g/mol. The Bertz CT molecular complexity index is 759. The van der Waals surface area contributed by atoms with Crippen molar-refractivity contribution in [1.82, 2.24) is 4.98 Å². The number of benzene rings is 1. The molecule has 0 unspecified atom stereocenters. The first-order valence-electron chi connectivity index (χ1n) is 6.31. The lowest BCUT2D eigenvalue weighted by Gasteiger charge is -2.01. The molecule has 0 radical (unpaired) electrons. The van der Waals surface area contributed by atoms with E-state index >= 15 is 0 Å². The van der Waals surface area contributed by atoms with Gasteiger partial charge in [-0.05, 0) is 42.3 Å². The standard InChI is InChI=1S/C15H12ClN3O3/c1-10-6-7-17-14(8-10)18-15(20)5-3-11-2-4-12(16)13(9-11)19(21)22/h2-9H,1H3,(H,17,18,20)/b5-3+. The monoisotopic (exact) mass is 317 g/mol. The number of aryl methyl sites for hydroxylation is 1. The maximum absolute atomic E-state index is 11.8. The fourth-order valence-corrected chi connectivity index (χ4v) is 1.90. The van der Waals surface area contributed by atoms with Crippen molar-refractivity contribution in [3.63, 3.8) is 0 Å². The highest BCUT2D eigenvalue weighted by Crippen LogP contribution is 2.25. The van der Waals surface area contributed by atoms with Gasteiger partial charge in [0.15, 0.2) is 0 Å². The molecule has 7 heteroatoms. The molecule has 2 aromatic rings. The third-order valence-corrected chi connectivity index (χ3v) is 3.08. The number of halogens is 1. The van der Waals surface area contributed by atoms with Gasteiger partial charge >= 0.3 is 0 Å². The van der Waals surface area contributed by atoms with Gasteiger partial charge < -0.3 is 5.32 Å². The largest absolute Gasteiger partial charge is 0.307 e. The number of nitro benzene ring substituents is 1. The summed E-state index contributed by atoms with van der Waals surface area (Å²) >= 11 is 5.72. The Morgan fingerprint density at radius 1 is 1.36 bits per heavy atom. The first-order valence-corrected chi connectivity index (χ1v) is 6.69. The van der Waals surface area contributed by atoms with E-state index in [2.05, 4.69) is 10.3 Å². The fraction of sp³-hybridized carbons (Fsp3) is 0.0667. The van der Waals surface area contributed by atoms with Gasteiger partial charge in [0.25, 0.3) is 5.69 Å². The molecule has 0 aliphatic heterocycles. The summed E-state index contributed by atoms with van der Waals surface area (Å²) in [5.74, 6) is 0.0624. The maximum atomic E-state index is 11.8. The van der Waals surface area contributed by atoms with Gasteiger partial charge in [0, 0.05) is 18.3 Å². The van der Waals surface area contributed by atoms with Crippen LogP contribution >= 0.6 is 11.6 Å². The van der Waals surface area contributed by atoms with Crippen LogP contribution in [0.15, 0.2) is 42.6 Å². The number of carbonyl (C=O) groups is 1. The third kappa shape index (κ3) is 4.13. The zero-order valence-corrected chi connectivity index (χ0v) is 12.4. The number of hydrogen-bond donors (Lipinski definition) is 1. The molecule has 1 heterocycles. The van der Waals surface area contributed by atoms with Gasteiger partial charge in [-0.2, -0.15) is 0 Å². The average molecular weight is 318 g/mol. The van der Waals surface area contributed by atoms with Crippen LogP contribution in [0.25, 0.3) is 6.08 Å². The van der Waals surface area contributed by atoms with Crippen molar-refractivity contribution in [2.45, 2.75) is 6.92 Å². The Labute approximate surface area is 131 Å². The molecule has 1 aromatic heterocycles. The molecule has 0 saturated carbocycles. The minimum absolute atomic E-state index is 0.0514. The number of anilines is 1. The van der Waals surface area contributed by atoms with Crippen LogP contribution in [-0.2, 0) is 4.79 Å². The van der Waals surface area contributed by atoms with Gasteiger partial charge in [0.1, 0.15) is 10.8 Å². The second-order valence-electron chi connectivity index (χ2n) is 4.51. The van der Waals surface area contributed by atoms with Crippen LogP contribution in [0.3, 0.4) is 0 Å². The summed E-state index contributed by atoms with van der Waals surface area (Å²) in [4.78, 5) is 26.0. The van der Waals surface area contributed by atoms with Gasteiger partial charge in [-0.25, -0.2) is 4.98 Å². The van der Waals surface area contributed by atoms with Crippen molar-refractivity contribution >= 4 is 35.1 Å². The Morgan fingerprint density at radius 2 is 2.14 bits per heavy atom. The second-order valence-corrected chi connectivity index (χ2v) is 4.92. The number of amides is 1. The van der Waals surface area contributed by atoms with Crippen molar-refractivity contribution < 1.29 is 9.72 Å². The molecule has 1 amide bonds. The van der Waals surface area contributed by atoms with Crippen LogP contribution in [0.1, 0.15) is 11.1 Å². The molecule has 1 aromatic carbocycles. The van der Waals surface area contributed by atoms with E-state index in [-0.39, 0.29) is 16.6 Å². The van der Waals surface area contributed by atoms with E-state index < -0.39 is 4.92 Å². The molecule has 1 N–H and O–H groups in total. The normalized spacial score (nSPS) is 10.6. The number of nitrogens with zero attached hydrogens (tertiary/aromatic N) is 2. The van der Waals surface area contributed by atoms with Gasteiger partial charge in [-0.1, -0.05) is 17.7 Å². The van der Waals surface area contributed by atoms with Crippen molar-refractivity contribution in [1.29, 1.82) is 0 Å². The molecule has 0 fully saturated rings. The van der Waals surface area contributed by atoms with Crippen LogP contribution in [0.2, 0.25) is 5.02 Å². The Morgan fingerprint density at radius 3 is 2.82 bits per heavy atom. The molecule has 112 valence electrons. The number of aromatic nitrogens is 1. The van der Waals surface area contributed by atoms with Crippen LogP contribution in [-0.4, -0.2) is 15.8 Å². The average Bonchev–Trinajstić information content (AvgIpc) is 2.46. The van der Waals surface area contributed by atoms with Gasteiger partial charge in [0.2, 0.25) is 5.91 Å². The SMILES string of the molecule is Cc1ccnc(NC(=O)/C=C/c2ccc(Cl)c([N+](=O)[O-])c2)c1. The Balaban J connectivity index is 2.10. The minimum Gasteiger partial charge on any atom is -0.307 e. The van der Waals surface area contributed by atoms with E-state index in [0.717, 1.165) is 5.56 Å². The summed E-state index contributed by atoms with van der Waals surface area (Å²) in [6.45, 7) is 1.89. The summed E-state index contributed by atoms with van der Waals surface area (Å²) < 4.78 is 0. The number of hydrogen-bond acceptors (Lipinski definition) is 4. The van der Waals surface area contributed by atoms with Crippen molar-refractivity contribution in [3.8, 4) is 0 Å². The first kappa shape index (κ1) is 15.7. The number of nitro groups is 1. The number of rotatable bonds is 4. The van der Waals surface area contributed by atoms with Crippen molar-refractivity contribution in [2.75, 3.05) is 5.32 Å². The maximum Gasteiger partial charge on any atom is 0.288 e. The lowest BCUT2D eigenvalue weighted by atomic mass is 10.2. The van der Waals surface area contributed by atoms with E-state index in [9.17, 15) is 14.9 Å². The van der Waals surface area contributed by atoms with Crippen molar-refractivity contribution in [3.05, 3.63) is 68.9 Å². The smallest absolute Gasteiger partial charge is 0.288 e. The van der Waals surface area contributed by atoms with Gasteiger partial charge in [-0.3, -0.25) is 14.9 Å². The predicted octanol–water partition coefficient (Wildman–Crippen LogP) is 3.60. The number of pyridine rings is 1. The quantitative estimate of drug-likeness (QED) is 0.530. The molecule has 0 aliphatic rings. The molecule has 22 heavy (non-hydrogen) atoms. The second kappa shape index (κ2) is 6.82. The molecule has 0 atom stereocenters. The molecule has 0 aliphatic carbocycles. The van der Waals surface area contributed by atoms with E-state index in [1.165, 1.54) is 24.3 Å². The lowest BCUT2D eigenvalue weighted by molar-refractivity contribution is -0.384. The summed E-state index contributed by atoms with van der Waals surface area (Å²) in [5, 5.41) is 13.5. The number of carbonyl (C=O) groups excluding carboxylic acids is 1. The Hall–Kier alpha value is -2.73. The summed E-state index contributed by atoms with van der Waals surface area (Å²) in [6, 6.07) is 7.86. The Kier molecular flexibility index (Phi) is 4.85. The van der Waals surface area contributed by atoms with Gasteiger partial charge in [0.05, 0.1) is 4.92 Å². The summed E-state index contributed by atoms with van der Waals surface area (Å²) in [5.41, 5.74) is 1.27. The topological polar surface area (TPSA) is 85.1 Å². The zero-order valence-electron chi connectivity index (χ0n) is 11.6. The van der Waals surface area contributed by atoms with E-state index in [0.29, 0.717) is 11.4 Å². The minimum atomic E-state index is -0.573. The zero-order chi connectivity index (χ0) is 16.1. The summed E-state index contributed by atoms with van der Waals surface area (Å²) in [7, 11) is 0. The molecule has 6 nitrogen and oxygen atoms in total. The first-order chi connectivity index (χ1) is 10.5. The van der Waals surface area contributed by atoms with E-state index in [1.54, 1.807) is 18.3 Å². The van der Waals surface area contributed by atoms with Gasteiger partial charge in [-0.15, -0.1) is 0 Å². The predicted molar refractivity (Wildman–Crippen MR) is 84.7 cm³/mol. The lowest BCUT2D eigenvalue weighted by Crippen LogP contribution is -2.09. The van der Waals surface area contributed by atoms with E-state index in [1.807, 2.05) is 13.0 Å². The van der Waals surface area contributed by atoms with Crippen LogP contribution in [0, 0.1) is 17.0 Å². The highest BCUT2D eigenvalue weighted by atomic mass is 35.5.